The van der Waals surface area contributed by atoms with E-state index in [0.29, 0.717) is 39.1 Å². The Morgan fingerprint density at radius 2 is 1.57 bits per heavy atom. The number of nitrogens with zero attached hydrogens (tertiary/aromatic N) is 6. The number of azide groups is 1. The van der Waals surface area contributed by atoms with Crippen LogP contribution in [0.1, 0.15) is 46.5 Å². The van der Waals surface area contributed by atoms with Crippen molar-refractivity contribution in [1.82, 2.24) is 14.7 Å². The predicted molar refractivity (Wildman–Crippen MR) is 106 cm³/mol. The van der Waals surface area contributed by atoms with Crippen LogP contribution >= 0.6 is 0 Å². The Labute approximate surface area is 167 Å². The minimum atomic E-state index is -0.934. The molecule has 0 radical (unpaired) electrons. The molecule has 1 heterocycles. The van der Waals surface area contributed by atoms with Crippen LogP contribution in [0.25, 0.3) is 10.4 Å². The molecule has 1 saturated heterocycles. The van der Waals surface area contributed by atoms with E-state index in [1.807, 2.05) is 20.8 Å². The van der Waals surface area contributed by atoms with Gasteiger partial charge >= 0.3 is 12.2 Å². The maximum atomic E-state index is 12.5. The third-order valence-corrected chi connectivity index (χ3v) is 4.38. The number of carbonyl (C=O) groups excluding carboxylic acids is 1. The summed E-state index contributed by atoms with van der Waals surface area (Å²) in [7, 11) is 0. The van der Waals surface area contributed by atoms with Crippen molar-refractivity contribution in [1.29, 1.82) is 0 Å². The van der Waals surface area contributed by atoms with Gasteiger partial charge in [-0.15, -0.1) is 0 Å². The Balaban J connectivity index is 2.74. The quantitative estimate of drug-likeness (QED) is 0.336. The molecule has 0 bridgehead atoms. The molecule has 0 aromatic rings. The lowest BCUT2D eigenvalue weighted by Gasteiger charge is -2.30. The van der Waals surface area contributed by atoms with Gasteiger partial charge in [0.2, 0.25) is 0 Å². The van der Waals surface area contributed by atoms with E-state index in [2.05, 4.69) is 14.9 Å². The maximum Gasteiger partial charge on any atom is 0.410 e. The van der Waals surface area contributed by atoms with E-state index in [0.717, 1.165) is 38.9 Å². The van der Waals surface area contributed by atoms with Crippen molar-refractivity contribution in [3.05, 3.63) is 10.4 Å². The fourth-order valence-corrected chi connectivity index (χ4v) is 3.09. The molecular weight excluding hydrogens is 364 g/mol. The summed E-state index contributed by atoms with van der Waals surface area (Å²) in [5.41, 5.74) is 7.82. The number of carboxylic acid groups (broad SMARTS) is 1. The Morgan fingerprint density at radius 1 is 1.04 bits per heavy atom. The number of hydrogen-bond donors (Lipinski definition) is 1. The number of ether oxygens (including phenoxy) is 1. The Kier molecular flexibility index (Phi) is 10.5. The van der Waals surface area contributed by atoms with E-state index in [1.165, 1.54) is 4.90 Å². The lowest BCUT2D eigenvalue weighted by Crippen LogP contribution is -2.42. The second kappa shape index (κ2) is 12.3. The van der Waals surface area contributed by atoms with Gasteiger partial charge in [-0.05, 0) is 71.6 Å². The molecule has 0 spiro atoms. The first-order valence-electron chi connectivity index (χ1n) is 9.92. The first-order chi connectivity index (χ1) is 13.2. The molecule has 0 aliphatic carbocycles. The second-order valence-corrected chi connectivity index (χ2v) is 7.95. The molecule has 0 unspecified atom stereocenters. The lowest BCUT2D eigenvalue weighted by atomic mass is 10.2. The van der Waals surface area contributed by atoms with Crippen molar-refractivity contribution in [2.24, 2.45) is 5.11 Å². The molecule has 28 heavy (non-hydrogen) atoms. The summed E-state index contributed by atoms with van der Waals surface area (Å²) in [6.07, 6.45) is 1.61. The van der Waals surface area contributed by atoms with Gasteiger partial charge in [0.1, 0.15) is 5.60 Å². The first kappa shape index (κ1) is 23.8. The molecular formula is C18H34N6O4. The molecule has 1 fully saturated rings. The van der Waals surface area contributed by atoms with Crippen LogP contribution in [0.2, 0.25) is 0 Å². The number of hydrogen-bond acceptors (Lipinski definition) is 5. The van der Waals surface area contributed by atoms with E-state index in [9.17, 15) is 14.7 Å². The topological polar surface area (TPSA) is 122 Å². The average Bonchev–Trinajstić information content (AvgIpc) is 2.58. The molecule has 0 aromatic heterocycles. The van der Waals surface area contributed by atoms with Crippen molar-refractivity contribution in [3.63, 3.8) is 0 Å². The SMILES string of the molecule is CC(C)(C)OC(=O)N1CCCN(CCCN=[N+]=[N-])CCCN(C(=O)O)CCC1. The van der Waals surface area contributed by atoms with Crippen molar-refractivity contribution in [2.75, 3.05) is 52.4 Å². The predicted octanol–water partition coefficient (Wildman–Crippen LogP) is 3.39. The van der Waals surface area contributed by atoms with Crippen LogP contribution in [0, 0.1) is 0 Å². The Bertz CT molecular complexity index is 545. The molecule has 0 aromatic carbocycles. The second-order valence-electron chi connectivity index (χ2n) is 7.95. The highest BCUT2D eigenvalue weighted by atomic mass is 16.6. The van der Waals surface area contributed by atoms with Gasteiger partial charge in [-0.1, -0.05) is 5.11 Å². The molecule has 1 aliphatic heterocycles. The third-order valence-electron chi connectivity index (χ3n) is 4.38. The maximum absolute atomic E-state index is 12.5. The summed E-state index contributed by atoms with van der Waals surface area (Å²) in [6, 6.07) is 0. The fraction of sp³-hybridized carbons (Fsp3) is 0.889. The first-order valence-corrected chi connectivity index (χ1v) is 9.92. The van der Waals surface area contributed by atoms with Crippen LogP contribution < -0.4 is 0 Å². The summed E-state index contributed by atoms with van der Waals surface area (Å²) in [5, 5.41) is 13.0. The van der Waals surface area contributed by atoms with Gasteiger partial charge in [0.25, 0.3) is 0 Å². The molecule has 1 rings (SSSR count). The minimum Gasteiger partial charge on any atom is -0.465 e. The Morgan fingerprint density at radius 3 is 2.07 bits per heavy atom. The minimum absolute atomic E-state index is 0.360. The zero-order valence-corrected chi connectivity index (χ0v) is 17.3. The van der Waals surface area contributed by atoms with E-state index in [4.69, 9.17) is 10.3 Å². The van der Waals surface area contributed by atoms with Gasteiger partial charge < -0.3 is 24.5 Å². The summed E-state index contributed by atoms with van der Waals surface area (Å²) in [5.74, 6) is 0. The van der Waals surface area contributed by atoms with Crippen LogP contribution in [0.4, 0.5) is 9.59 Å². The van der Waals surface area contributed by atoms with Gasteiger partial charge in [0.05, 0.1) is 0 Å². The molecule has 2 amide bonds. The fourth-order valence-electron chi connectivity index (χ4n) is 3.09. The number of carbonyl (C=O) groups is 2. The lowest BCUT2D eigenvalue weighted by molar-refractivity contribution is 0.0234. The zero-order valence-electron chi connectivity index (χ0n) is 17.3. The van der Waals surface area contributed by atoms with Crippen molar-refractivity contribution < 1.29 is 19.4 Å². The highest BCUT2D eigenvalue weighted by Crippen LogP contribution is 2.12. The highest BCUT2D eigenvalue weighted by Gasteiger charge is 2.23. The number of rotatable bonds is 4. The Hall–Kier alpha value is -2.19. The standard InChI is InChI=1S/C18H34N6O4/c1-18(2,3)28-17(27)24-14-6-11-22(9-4-8-20-21-19)10-5-12-23(16(25)26)13-7-15-24/h4-15H2,1-3H3,(H,25,26). The molecule has 160 valence electrons. The highest BCUT2D eigenvalue weighted by molar-refractivity contribution is 5.68. The van der Waals surface area contributed by atoms with E-state index >= 15 is 0 Å². The van der Waals surface area contributed by atoms with E-state index in [1.54, 1.807) is 4.90 Å². The van der Waals surface area contributed by atoms with Crippen molar-refractivity contribution >= 4 is 12.2 Å². The monoisotopic (exact) mass is 398 g/mol. The molecule has 1 aliphatic rings. The van der Waals surface area contributed by atoms with Crippen LogP contribution in [0.15, 0.2) is 5.11 Å². The smallest absolute Gasteiger partial charge is 0.410 e. The van der Waals surface area contributed by atoms with Crippen molar-refractivity contribution in [2.45, 2.75) is 52.1 Å². The van der Waals surface area contributed by atoms with Crippen molar-refractivity contribution in [3.8, 4) is 0 Å². The van der Waals surface area contributed by atoms with E-state index < -0.39 is 11.7 Å². The number of amides is 2. The molecule has 1 N–H and O–H groups in total. The van der Waals surface area contributed by atoms with Crippen LogP contribution in [0.3, 0.4) is 0 Å². The van der Waals surface area contributed by atoms with Crippen LogP contribution in [0.5, 0.6) is 0 Å². The zero-order chi connectivity index (χ0) is 21.0. The molecule has 10 nitrogen and oxygen atoms in total. The summed E-state index contributed by atoms with van der Waals surface area (Å²) >= 11 is 0. The van der Waals surface area contributed by atoms with Gasteiger partial charge in [-0.3, -0.25) is 0 Å². The third kappa shape index (κ3) is 10.2. The van der Waals surface area contributed by atoms with Crippen LogP contribution in [-0.4, -0.2) is 90.0 Å². The summed E-state index contributed by atoms with van der Waals surface area (Å²) < 4.78 is 5.49. The average molecular weight is 399 g/mol. The summed E-state index contributed by atoms with van der Waals surface area (Å²) in [4.78, 5) is 32.0. The van der Waals surface area contributed by atoms with Crippen LogP contribution in [-0.2, 0) is 4.74 Å². The molecule has 0 atom stereocenters. The summed E-state index contributed by atoms with van der Waals surface area (Å²) in [6.45, 7) is 10.2. The molecule has 10 heteroatoms. The molecule has 0 saturated carbocycles. The van der Waals surface area contributed by atoms with Gasteiger partial charge in [0, 0.05) is 37.6 Å². The van der Waals surface area contributed by atoms with Gasteiger partial charge in [-0.2, -0.15) is 0 Å². The van der Waals surface area contributed by atoms with Gasteiger partial charge in [-0.25, -0.2) is 9.59 Å². The normalized spacial score (nSPS) is 17.8. The largest absolute Gasteiger partial charge is 0.465 e. The van der Waals surface area contributed by atoms with E-state index in [-0.39, 0.29) is 6.09 Å². The van der Waals surface area contributed by atoms with Gasteiger partial charge in [0.15, 0.2) is 0 Å².